The van der Waals surface area contributed by atoms with E-state index in [0.29, 0.717) is 0 Å². The molecule has 0 saturated heterocycles. The highest BCUT2D eigenvalue weighted by Gasteiger charge is 2.14. The van der Waals surface area contributed by atoms with Crippen molar-refractivity contribution in [3.63, 3.8) is 0 Å². The molecule has 1 aromatic carbocycles. The third-order valence-electron chi connectivity index (χ3n) is 3.55. The summed E-state index contributed by atoms with van der Waals surface area (Å²) in [6, 6.07) is 4.51. The second-order valence-corrected chi connectivity index (χ2v) is 4.94. The van der Waals surface area contributed by atoms with Crippen LogP contribution in [0.4, 0.5) is 0 Å². The summed E-state index contributed by atoms with van der Waals surface area (Å²) in [5.74, 6) is 1.29. The first-order chi connectivity index (χ1) is 7.75. The van der Waals surface area contributed by atoms with Gasteiger partial charge in [-0.2, -0.15) is 0 Å². The highest BCUT2D eigenvalue weighted by Crippen LogP contribution is 2.25. The number of fused-ring (bicyclic) bond motifs is 3. The van der Waals surface area contributed by atoms with Crippen molar-refractivity contribution in [2.24, 2.45) is 0 Å². The maximum atomic E-state index is 4.82. The summed E-state index contributed by atoms with van der Waals surface area (Å²) in [6.45, 7) is 5.49. The Morgan fingerprint density at radius 2 is 2.00 bits per heavy atom. The van der Waals surface area contributed by atoms with Gasteiger partial charge in [0.25, 0.3) is 0 Å². The van der Waals surface area contributed by atoms with Gasteiger partial charge in [0.05, 0.1) is 11.0 Å². The zero-order chi connectivity index (χ0) is 11.1. The normalized spacial score (nSPS) is 16.1. The smallest absolute Gasteiger partial charge is 0.109 e. The van der Waals surface area contributed by atoms with Crippen LogP contribution in [0.15, 0.2) is 12.1 Å². The summed E-state index contributed by atoms with van der Waals surface area (Å²) >= 11 is 0. The van der Waals surface area contributed by atoms with Gasteiger partial charge in [-0.05, 0) is 43.9 Å². The third kappa shape index (κ3) is 1.44. The molecule has 84 valence electrons. The van der Waals surface area contributed by atoms with Gasteiger partial charge < -0.3 is 4.57 Å². The van der Waals surface area contributed by atoms with Crippen molar-refractivity contribution >= 4 is 11.0 Å². The summed E-state index contributed by atoms with van der Waals surface area (Å²) in [5, 5.41) is 0. The average Bonchev–Trinajstić information content (AvgIpc) is 2.46. The number of aromatic nitrogens is 2. The van der Waals surface area contributed by atoms with Gasteiger partial charge in [0.2, 0.25) is 0 Å². The summed E-state index contributed by atoms with van der Waals surface area (Å²) < 4.78 is 2.43. The van der Waals surface area contributed by atoms with E-state index in [9.17, 15) is 0 Å². The van der Waals surface area contributed by atoms with Crippen LogP contribution in [0.2, 0.25) is 0 Å². The lowest BCUT2D eigenvalue weighted by atomic mass is 10.1. The van der Waals surface area contributed by atoms with Crippen molar-refractivity contribution in [1.29, 1.82) is 0 Å². The Hall–Kier alpha value is -1.31. The molecule has 2 aromatic rings. The zero-order valence-corrected chi connectivity index (χ0v) is 10.1. The summed E-state index contributed by atoms with van der Waals surface area (Å²) in [7, 11) is 0. The quantitative estimate of drug-likeness (QED) is 0.657. The zero-order valence-electron chi connectivity index (χ0n) is 10.1. The maximum Gasteiger partial charge on any atom is 0.109 e. The Labute approximate surface area is 96.3 Å². The number of aryl methyl sites for hydroxylation is 4. The molecule has 2 nitrogen and oxygen atoms in total. The minimum Gasteiger partial charge on any atom is -0.328 e. The van der Waals surface area contributed by atoms with Gasteiger partial charge >= 0.3 is 0 Å². The van der Waals surface area contributed by atoms with E-state index >= 15 is 0 Å². The first kappa shape index (κ1) is 9.88. The second kappa shape index (κ2) is 3.62. The van der Waals surface area contributed by atoms with Gasteiger partial charge in [0.1, 0.15) is 5.82 Å². The van der Waals surface area contributed by atoms with Gasteiger partial charge in [-0.3, -0.25) is 0 Å². The monoisotopic (exact) mass is 214 g/mol. The Balaban J connectivity index is 2.29. The van der Waals surface area contributed by atoms with Crippen LogP contribution in [-0.2, 0) is 13.0 Å². The van der Waals surface area contributed by atoms with Crippen molar-refractivity contribution < 1.29 is 0 Å². The largest absolute Gasteiger partial charge is 0.328 e. The van der Waals surface area contributed by atoms with Crippen LogP contribution in [0.5, 0.6) is 0 Å². The number of benzene rings is 1. The van der Waals surface area contributed by atoms with E-state index in [0.717, 1.165) is 13.0 Å². The molecule has 2 heterocycles. The number of imidazole rings is 1. The predicted molar refractivity (Wildman–Crippen MR) is 66.8 cm³/mol. The van der Waals surface area contributed by atoms with Crippen LogP contribution in [0.1, 0.15) is 36.2 Å². The van der Waals surface area contributed by atoms with E-state index in [-0.39, 0.29) is 0 Å². The highest BCUT2D eigenvalue weighted by atomic mass is 15.1. The first-order valence-electron chi connectivity index (χ1n) is 6.22. The molecule has 0 spiro atoms. The standard InChI is InChI=1S/C14H18N2/c1-10-8-11(2)14-12(9-10)16-7-5-3-4-6-13(16)15-14/h8-9H,3-7H2,1-2H3. The lowest BCUT2D eigenvalue weighted by Gasteiger charge is -2.05. The fraction of sp³-hybridized carbons (Fsp3) is 0.500. The molecule has 16 heavy (non-hydrogen) atoms. The van der Waals surface area contributed by atoms with Crippen molar-refractivity contribution in [3.05, 3.63) is 29.1 Å². The minimum absolute atomic E-state index is 1.15. The van der Waals surface area contributed by atoms with E-state index in [1.165, 1.54) is 47.2 Å². The second-order valence-electron chi connectivity index (χ2n) is 4.94. The Bertz CT molecular complexity index is 537. The molecular weight excluding hydrogens is 196 g/mol. The van der Waals surface area contributed by atoms with Gasteiger partial charge in [-0.1, -0.05) is 12.5 Å². The molecule has 0 bridgehead atoms. The van der Waals surface area contributed by atoms with Gasteiger partial charge in [-0.15, -0.1) is 0 Å². The minimum atomic E-state index is 1.15. The predicted octanol–water partition coefficient (Wildman–Crippen LogP) is 3.38. The molecule has 1 aliphatic heterocycles. The molecule has 0 amide bonds. The maximum absolute atomic E-state index is 4.82. The molecule has 1 aliphatic rings. The fourth-order valence-corrected chi connectivity index (χ4v) is 2.79. The van der Waals surface area contributed by atoms with Crippen LogP contribution >= 0.6 is 0 Å². The first-order valence-corrected chi connectivity index (χ1v) is 6.22. The topological polar surface area (TPSA) is 17.8 Å². The van der Waals surface area contributed by atoms with Crippen LogP contribution in [0.3, 0.4) is 0 Å². The van der Waals surface area contributed by atoms with E-state index in [2.05, 4.69) is 30.5 Å². The number of hydrogen-bond donors (Lipinski definition) is 0. The molecule has 2 heteroatoms. The molecule has 1 aromatic heterocycles. The molecule has 0 aliphatic carbocycles. The van der Waals surface area contributed by atoms with Gasteiger partial charge in [0.15, 0.2) is 0 Å². The number of nitrogens with zero attached hydrogens (tertiary/aromatic N) is 2. The lowest BCUT2D eigenvalue weighted by Crippen LogP contribution is -2.00. The fourth-order valence-electron chi connectivity index (χ4n) is 2.79. The van der Waals surface area contributed by atoms with Crippen molar-refractivity contribution in [2.45, 2.75) is 46.1 Å². The lowest BCUT2D eigenvalue weighted by molar-refractivity contribution is 0.647. The third-order valence-corrected chi connectivity index (χ3v) is 3.55. The molecule has 0 N–H and O–H groups in total. The summed E-state index contributed by atoms with van der Waals surface area (Å²) in [5.41, 5.74) is 5.21. The Kier molecular flexibility index (Phi) is 2.23. The molecule has 0 fully saturated rings. The Morgan fingerprint density at radius 3 is 2.88 bits per heavy atom. The summed E-state index contributed by atoms with van der Waals surface area (Å²) in [6.07, 6.45) is 5.08. The SMILES string of the molecule is Cc1cc(C)c2nc3n(c2c1)CCCCC3. The van der Waals surface area contributed by atoms with Crippen LogP contribution in [0, 0.1) is 13.8 Å². The molecule has 0 unspecified atom stereocenters. The summed E-state index contributed by atoms with van der Waals surface area (Å²) in [4.78, 5) is 4.82. The van der Waals surface area contributed by atoms with E-state index in [1.807, 2.05) is 0 Å². The molecule has 3 rings (SSSR count). The van der Waals surface area contributed by atoms with E-state index in [4.69, 9.17) is 4.98 Å². The van der Waals surface area contributed by atoms with E-state index in [1.54, 1.807) is 0 Å². The van der Waals surface area contributed by atoms with Crippen LogP contribution in [0.25, 0.3) is 11.0 Å². The van der Waals surface area contributed by atoms with Crippen molar-refractivity contribution in [1.82, 2.24) is 9.55 Å². The molecule has 0 atom stereocenters. The van der Waals surface area contributed by atoms with E-state index < -0.39 is 0 Å². The Morgan fingerprint density at radius 1 is 1.12 bits per heavy atom. The van der Waals surface area contributed by atoms with Crippen LogP contribution in [-0.4, -0.2) is 9.55 Å². The van der Waals surface area contributed by atoms with Gasteiger partial charge in [-0.25, -0.2) is 4.98 Å². The average molecular weight is 214 g/mol. The highest BCUT2D eigenvalue weighted by molar-refractivity contribution is 5.80. The molecule has 0 saturated carbocycles. The molecular formula is C14H18N2. The molecule has 0 radical (unpaired) electrons. The number of rotatable bonds is 0. The van der Waals surface area contributed by atoms with Crippen LogP contribution < -0.4 is 0 Å². The van der Waals surface area contributed by atoms with Crippen molar-refractivity contribution in [2.75, 3.05) is 0 Å². The van der Waals surface area contributed by atoms with Crippen molar-refractivity contribution in [3.8, 4) is 0 Å². The van der Waals surface area contributed by atoms with Gasteiger partial charge in [0, 0.05) is 13.0 Å². The number of hydrogen-bond acceptors (Lipinski definition) is 1.